The van der Waals surface area contributed by atoms with Crippen LogP contribution in [0.25, 0.3) is 5.65 Å². The third-order valence-corrected chi connectivity index (χ3v) is 3.10. The topological polar surface area (TPSA) is 85.3 Å². The van der Waals surface area contributed by atoms with Gasteiger partial charge in [0.25, 0.3) is 0 Å². The molecule has 0 radical (unpaired) electrons. The van der Waals surface area contributed by atoms with Crippen molar-refractivity contribution in [2.45, 2.75) is 20.3 Å². The van der Waals surface area contributed by atoms with Crippen molar-refractivity contribution in [2.24, 2.45) is 0 Å². The van der Waals surface area contributed by atoms with Crippen molar-refractivity contribution in [1.29, 1.82) is 0 Å². The minimum absolute atomic E-state index is 0.143. The van der Waals surface area contributed by atoms with Gasteiger partial charge in [0.1, 0.15) is 12.1 Å². The number of fused-ring (bicyclic) bond motifs is 1. The molecule has 0 aromatic carbocycles. The number of aromatic nitrogens is 4. The van der Waals surface area contributed by atoms with Gasteiger partial charge in [-0.1, -0.05) is 5.16 Å². The number of anilines is 1. The van der Waals surface area contributed by atoms with E-state index in [1.807, 2.05) is 6.92 Å². The summed E-state index contributed by atoms with van der Waals surface area (Å²) in [6, 6.07) is 3.59. The summed E-state index contributed by atoms with van der Waals surface area (Å²) in [7, 11) is 0. The molecule has 0 aliphatic carbocycles. The number of carbonyl (C=O) groups excluding carboxylic acids is 1. The minimum Gasteiger partial charge on any atom is -0.361 e. The number of amides is 1. The quantitative estimate of drug-likeness (QED) is 0.780. The number of pyridine rings is 1. The Labute approximate surface area is 114 Å². The molecule has 7 heteroatoms. The fourth-order valence-corrected chi connectivity index (χ4v) is 2.05. The molecule has 0 bridgehead atoms. The van der Waals surface area contributed by atoms with Gasteiger partial charge in [-0.05, 0) is 26.0 Å². The van der Waals surface area contributed by atoms with Gasteiger partial charge in [0, 0.05) is 11.8 Å². The molecule has 7 nitrogen and oxygen atoms in total. The molecule has 3 aromatic rings. The lowest BCUT2D eigenvalue weighted by molar-refractivity contribution is -0.115. The highest BCUT2D eigenvalue weighted by Crippen LogP contribution is 2.16. The first-order valence-corrected chi connectivity index (χ1v) is 6.15. The zero-order valence-corrected chi connectivity index (χ0v) is 11.1. The predicted octanol–water partition coefficient (Wildman–Crippen LogP) is 1.52. The Morgan fingerprint density at radius 1 is 1.45 bits per heavy atom. The van der Waals surface area contributed by atoms with Crippen LogP contribution in [0.1, 0.15) is 17.0 Å². The zero-order valence-electron chi connectivity index (χ0n) is 11.1. The van der Waals surface area contributed by atoms with Crippen LogP contribution in [0.15, 0.2) is 29.2 Å². The SMILES string of the molecule is Cc1noc(C)c1CC(=O)Nc1cccn2ncnc12. The smallest absolute Gasteiger partial charge is 0.229 e. The normalized spacial score (nSPS) is 10.9. The lowest BCUT2D eigenvalue weighted by Gasteiger charge is -2.05. The molecule has 0 saturated carbocycles. The van der Waals surface area contributed by atoms with E-state index in [-0.39, 0.29) is 12.3 Å². The molecule has 0 fully saturated rings. The van der Waals surface area contributed by atoms with Crippen LogP contribution in [-0.4, -0.2) is 25.7 Å². The number of hydrogen-bond acceptors (Lipinski definition) is 5. The number of carbonyl (C=O) groups is 1. The lowest BCUT2D eigenvalue weighted by Crippen LogP contribution is -2.16. The molecule has 0 aliphatic heterocycles. The van der Waals surface area contributed by atoms with Crippen molar-refractivity contribution in [3.63, 3.8) is 0 Å². The molecule has 1 N–H and O–H groups in total. The first kappa shape index (κ1) is 12.3. The summed E-state index contributed by atoms with van der Waals surface area (Å²) in [6.45, 7) is 3.61. The third kappa shape index (κ3) is 2.13. The maximum atomic E-state index is 12.1. The Hall–Kier alpha value is -2.70. The highest BCUT2D eigenvalue weighted by molar-refractivity contribution is 5.95. The second-order valence-electron chi connectivity index (χ2n) is 4.48. The Balaban J connectivity index is 1.81. The van der Waals surface area contributed by atoms with E-state index in [2.05, 4.69) is 20.6 Å². The molecule has 3 heterocycles. The van der Waals surface area contributed by atoms with E-state index in [9.17, 15) is 4.79 Å². The van der Waals surface area contributed by atoms with Gasteiger partial charge < -0.3 is 9.84 Å². The monoisotopic (exact) mass is 271 g/mol. The van der Waals surface area contributed by atoms with Gasteiger partial charge in [-0.3, -0.25) is 4.79 Å². The molecule has 3 aromatic heterocycles. The third-order valence-electron chi connectivity index (χ3n) is 3.10. The number of nitrogens with zero attached hydrogens (tertiary/aromatic N) is 4. The maximum Gasteiger partial charge on any atom is 0.229 e. The van der Waals surface area contributed by atoms with Gasteiger partial charge in [0.2, 0.25) is 5.91 Å². The number of rotatable bonds is 3. The summed E-state index contributed by atoms with van der Waals surface area (Å²) in [5, 5.41) is 10.7. The Kier molecular flexibility index (Phi) is 2.94. The Morgan fingerprint density at radius 2 is 2.30 bits per heavy atom. The largest absolute Gasteiger partial charge is 0.361 e. The van der Waals surface area contributed by atoms with E-state index in [1.54, 1.807) is 29.8 Å². The van der Waals surface area contributed by atoms with Crippen molar-refractivity contribution in [3.8, 4) is 0 Å². The molecule has 0 unspecified atom stereocenters. The van der Waals surface area contributed by atoms with Crippen molar-refractivity contribution >= 4 is 17.2 Å². The average Bonchev–Trinajstić information content (AvgIpc) is 3.01. The molecule has 20 heavy (non-hydrogen) atoms. The Bertz CT molecular complexity index is 755. The second kappa shape index (κ2) is 4.76. The van der Waals surface area contributed by atoms with E-state index in [0.29, 0.717) is 17.1 Å². The highest BCUT2D eigenvalue weighted by atomic mass is 16.5. The summed E-state index contributed by atoms with van der Waals surface area (Å²) >= 11 is 0. The van der Waals surface area contributed by atoms with Gasteiger partial charge in [0.15, 0.2) is 5.65 Å². The minimum atomic E-state index is -0.143. The lowest BCUT2D eigenvalue weighted by atomic mass is 10.1. The maximum absolute atomic E-state index is 12.1. The van der Waals surface area contributed by atoms with Gasteiger partial charge in [-0.15, -0.1) is 0 Å². The van der Waals surface area contributed by atoms with Gasteiger partial charge in [-0.2, -0.15) is 5.10 Å². The molecule has 0 saturated heterocycles. The molecule has 3 rings (SSSR count). The van der Waals surface area contributed by atoms with Crippen molar-refractivity contribution in [1.82, 2.24) is 19.8 Å². The van der Waals surface area contributed by atoms with E-state index >= 15 is 0 Å². The van der Waals surface area contributed by atoms with E-state index < -0.39 is 0 Å². The summed E-state index contributed by atoms with van der Waals surface area (Å²) in [5.41, 5.74) is 2.79. The summed E-state index contributed by atoms with van der Waals surface area (Å²) in [4.78, 5) is 16.2. The molecule has 0 atom stereocenters. The van der Waals surface area contributed by atoms with Crippen LogP contribution in [-0.2, 0) is 11.2 Å². The van der Waals surface area contributed by atoms with E-state index in [0.717, 1.165) is 11.3 Å². The zero-order chi connectivity index (χ0) is 14.1. The van der Waals surface area contributed by atoms with Gasteiger partial charge in [0.05, 0.1) is 17.8 Å². The van der Waals surface area contributed by atoms with Crippen LogP contribution in [0, 0.1) is 13.8 Å². The van der Waals surface area contributed by atoms with E-state index in [4.69, 9.17) is 4.52 Å². The number of nitrogens with one attached hydrogen (secondary N) is 1. The fraction of sp³-hybridized carbons (Fsp3) is 0.231. The first-order valence-electron chi connectivity index (χ1n) is 6.15. The highest BCUT2D eigenvalue weighted by Gasteiger charge is 2.14. The molecular weight excluding hydrogens is 258 g/mol. The van der Waals surface area contributed by atoms with E-state index in [1.165, 1.54) is 6.33 Å². The van der Waals surface area contributed by atoms with Crippen LogP contribution in [0.4, 0.5) is 5.69 Å². The first-order chi connectivity index (χ1) is 9.65. The standard InChI is InChI=1S/C13H13N5O2/c1-8-10(9(2)20-17-8)6-12(19)16-11-4-3-5-18-13(11)14-7-15-18/h3-5,7H,6H2,1-2H3,(H,16,19). The predicted molar refractivity (Wildman–Crippen MR) is 71.3 cm³/mol. The van der Waals surface area contributed by atoms with Crippen LogP contribution < -0.4 is 5.32 Å². The Morgan fingerprint density at radius 3 is 3.05 bits per heavy atom. The molecular formula is C13H13N5O2. The van der Waals surface area contributed by atoms with Crippen LogP contribution in [0.2, 0.25) is 0 Å². The molecule has 0 aliphatic rings. The molecule has 0 spiro atoms. The van der Waals surface area contributed by atoms with Crippen molar-refractivity contribution in [3.05, 3.63) is 41.7 Å². The molecule has 1 amide bonds. The fourth-order valence-electron chi connectivity index (χ4n) is 2.05. The second-order valence-corrected chi connectivity index (χ2v) is 4.48. The van der Waals surface area contributed by atoms with Crippen LogP contribution in [0.5, 0.6) is 0 Å². The van der Waals surface area contributed by atoms with Crippen LogP contribution >= 0.6 is 0 Å². The number of aryl methyl sites for hydroxylation is 2. The summed E-state index contributed by atoms with van der Waals surface area (Å²) < 4.78 is 6.65. The van der Waals surface area contributed by atoms with Gasteiger partial charge >= 0.3 is 0 Å². The van der Waals surface area contributed by atoms with Gasteiger partial charge in [-0.25, -0.2) is 9.50 Å². The number of hydrogen-bond donors (Lipinski definition) is 1. The molecule has 102 valence electrons. The summed E-state index contributed by atoms with van der Waals surface area (Å²) in [6.07, 6.45) is 3.43. The van der Waals surface area contributed by atoms with Crippen LogP contribution in [0.3, 0.4) is 0 Å². The average molecular weight is 271 g/mol. The summed E-state index contributed by atoms with van der Waals surface area (Å²) in [5.74, 6) is 0.522. The van der Waals surface area contributed by atoms with Crippen molar-refractivity contribution in [2.75, 3.05) is 5.32 Å². The van der Waals surface area contributed by atoms with Crippen molar-refractivity contribution < 1.29 is 9.32 Å².